The Hall–Kier alpha value is -2.04. The highest BCUT2D eigenvalue weighted by molar-refractivity contribution is 5.73. The highest BCUT2D eigenvalue weighted by Gasteiger charge is 2.29. The van der Waals surface area contributed by atoms with Gasteiger partial charge in [0, 0.05) is 13.1 Å². The third kappa shape index (κ3) is 6.77. The van der Waals surface area contributed by atoms with Crippen molar-refractivity contribution in [2.24, 2.45) is 11.8 Å². The lowest BCUT2D eigenvalue weighted by atomic mass is 9.97. The summed E-state index contributed by atoms with van der Waals surface area (Å²) in [5.41, 5.74) is 0.968. The number of nitrogens with zero attached hydrogens (tertiary/aromatic N) is 1. The number of piperidine rings is 1. The Kier molecular flexibility index (Phi) is 7.76. The molecule has 1 amide bonds. The van der Waals surface area contributed by atoms with Gasteiger partial charge in [-0.2, -0.15) is 0 Å². The molecular formula is C20H29NO4. The Bertz CT molecular complexity index is 536. The third-order valence-corrected chi connectivity index (χ3v) is 4.46. The van der Waals surface area contributed by atoms with Crippen LogP contribution in [0.2, 0.25) is 0 Å². The standard InChI is InChI=1S/C20H29NO4/c1-16(2)7-6-14-24-19(22)18-10-12-21(13-11-18)20(23)25-15-17-8-4-3-5-9-17/h3-5,8-9,16,18H,6-7,10-15H2,1-2H3. The number of ether oxygens (including phenoxy) is 2. The summed E-state index contributed by atoms with van der Waals surface area (Å²) < 4.78 is 10.7. The summed E-state index contributed by atoms with van der Waals surface area (Å²) in [5.74, 6) is 0.405. The molecule has 0 aliphatic carbocycles. The maximum atomic E-state index is 12.1. The van der Waals surface area contributed by atoms with Crippen molar-refractivity contribution >= 4 is 12.1 Å². The van der Waals surface area contributed by atoms with Crippen molar-refractivity contribution in [2.75, 3.05) is 19.7 Å². The fourth-order valence-corrected chi connectivity index (χ4v) is 2.89. The zero-order valence-corrected chi connectivity index (χ0v) is 15.3. The Balaban J connectivity index is 1.64. The van der Waals surface area contributed by atoms with Crippen LogP contribution in [-0.4, -0.2) is 36.7 Å². The lowest BCUT2D eigenvalue weighted by Gasteiger charge is -2.30. The first-order chi connectivity index (χ1) is 12.1. The third-order valence-electron chi connectivity index (χ3n) is 4.46. The van der Waals surface area contributed by atoms with Crippen molar-refractivity contribution in [3.63, 3.8) is 0 Å². The summed E-state index contributed by atoms with van der Waals surface area (Å²) in [6.07, 6.45) is 2.95. The minimum Gasteiger partial charge on any atom is -0.465 e. The van der Waals surface area contributed by atoms with E-state index in [2.05, 4.69) is 13.8 Å². The summed E-state index contributed by atoms with van der Waals surface area (Å²) >= 11 is 0. The molecule has 2 rings (SSSR count). The van der Waals surface area contributed by atoms with Gasteiger partial charge in [0.1, 0.15) is 6.61 Å². The van der Waals surface area contributed by atoms with E-state index in [0.29, 0.717) is 38.5 Å². The van der Waals surface area contributed by atoms with Crippen LogP contribution in [0.15, 0.2) is 30.3 Å². The number of benzene rings is 1. The molecule has 0 N–H and O–H groups in total. The summed E-state index contributed by atoms with van der Waals surface area (Å²) in [6.45, 7) is 6.18. The molecule has 1 heterocycles. The molecule has 0 aromatic heterocycles. The minimum absolute atomic E-state index is 0.0998. The largest absolute Gasteiger partial charge is 0.465 e. The van der Waals surface area contributed by atoms with Crippen LogP contribution >= 0.6 is 0 Å². The van der Waals surface area contributed by atoms with E-state index in [1.165, 1.54) is 0 Å². The number of hydrogen-bond donors (Lipinski definition) is 0. The van der Waals surface area contributed by atoms with Crippen LogP contribution in [0.3, 0.4) is 0 Å². The zero-order valence-electron chi connectivity index (χ0n) is 15.3. The Morgan fingerprint density at radius 3 is 2.44 bits per heavy atom. The lowest BCUT2D eigenvalue weighted by Crippen LogP contribution is -2.40. The van der Waals surface area contributed by atoms with Gasteiger partial charge in [-0.3, -0.25) is 4.79 Å². The number of amides is 1. The fourth-order valence-electron chi connectivity index (χ4n) is 2.89. The molecule has 0 atom stereocenters. The second kappa shape index (κ2) is 10.1. The van der Waals surface area contributed by atoms with Crippen molar-refractivity contribution in [3.05, 3.63) is 35.9 Å². The second-order valence-corrected chi connectivity index (χ2v) is 7.01. The molecule has 1 aliphatic rings. The average molecular weight is 347 g/mol. The fraction of sp³-hybridized carbons (Fsp3) is 0.600. The average Bonchev–Trinajstić information content (AvgIpc) is 2.64. The van der Waals surface area contributed by atoms with Crippen LogP contribution in [0.1, 0.15) is 45.1 Å². The summed E-state index contributed by atoms with van der Waals surface area (Å²) in [6, 6.07) is 9.62. The number of hydrogen-bond acceptors (Lipinski definition) is 4. The topological polar surface area (TPSA) is 55.8 Å². The molecule has 5 nitrogen and oxygen atoms in total. The van der Waals surface area contributed by atoms with E-state index in [0.717, 1.165) is 18.4 Å². The molecule has 0 bridgehead atoms. The smallest absolute Gasteiger partial charge is 0.410 e. The van der Waals surface area contributed by atoms with Crippen LogP contribution in [0, 0.1) is 11.8 Å². The number of likely N-dealkylation sites (tertiary alicyclic amines) is 1. The molecule has 1 fully saturated rings. The highest BCUT2D eigenvalue weighted by atomic mass is 16.6. The van der Waals surface area contributed by atoms with Crippen molar-refractivity contribution in [1.29, 1.82) is 0 Å². The second-order valence-electron chi connectivity index (χ2n) is 7.01. The van der Waals surface area contributed by atoms with Crippen molar-refractivity contribution in [3.8, 4) is 0 Å². The zero-order chi connectivity index (χ0) is 18.1. The number of carbonyl (C=O) groups is 2. The predicted octanol–water partition coefficient (Wildman–Crippen LogP) is 4.01. The van der Waals surface area contributed by atoms with Gasteiger partial charge in [-0.1, -0.05) is 44.2 Å². The predicted molar refractivity (Wildman–Crippen MR) is 96.0 cm³/mol. The molecule has 138 valence electrons. The van der Waals surface area contributed by atoms with Gasteiger partial charge in [0.25, 0.3) is 0 Å². The Labute approximate surface area is 150 Å². The van der Waals surface area contributed by atoms with Crippen LogP contribution in [0.5, 0.6) is 0 Å². The van der Waals surface area contributed by atoms with Gasteiger partial charge in [0.2, 0.25) is 0 Å². The van der Waals surface area contributed by atoms with E-state index < -0.39 is 0 Å². The molecule has 0 unspecified atom stereocenters. The molecular weight excluding hydrogens is 318 g/mol. The molecule has 0 spiro atoms. The number of rotatable bonds is 7. The lowest BCUT2D eigenvalue weighted by molar-refractivity contribution is -0.150. The monoisotopic (exact) mass is 347 g/mol. The number of carbonyl (C=O) groups excluding carboxylic acids is 2. The van der Waals surface area contributed by atoms with E-state index in [4.69, 9.17) is 9.47 Å². The first kappa shape index (κ1) is 19.3. The highest BCUT2D eigenvalue weighted by Crippen LogP contribution is 2.20. The maximum Gasteiger partial charge on any atom is 0.410 e. The normalized spacial score (nSPS) is 15.2. The summed E-state index contributed by atoms with van der Waals surface area (Å²) in [5, 5.41) is 0. The van der Waals surface area contributed by atoms with Gasteiger partial charge in [-0.25, -0.2) is 4.79 Å². The molecule has 0 radical (unpaired) electrons. The first-order valence-corrected chi connectivity index (χ1v) is 9.18. The molecule has 0 saturated carbocycles. The Morgan fingerprint density at radius 1 is 1.12 bits per heavy atom. The maximum absolute atomic E-state index is 12.1. The van der Waals surface area contributed by atoms with E-state index >= 15 is 0 Å². The Morgan fingerprint density at radius 2 is 1.80 bits per heavy atom. The molecule has 5 heteroatoms. The van der Waals surface area contributed by atoms with E-state index in [-0.39, 0.29) is 24.6 Å². The van der Waals surface area contributed by atoms with E-state index in [1.54, 1.807) is 4.90 Å². The van der Waals surface area contributed by atoms with Crippen molar-refractivity contribution in [2.45, 2.75) is 46.1 Å². The van der Waals surface area contributed by atoms with Crippen LogP contribution in [0.25, 0.3) is 0 Å². The van der Waals surface area contributed by atoms with Crippen molar-refractivity contribution < 1.29 is 19.1 Å². The summed E-state index contributed by atoms with van der Waals surface area (Å²) in [4.78, 5) is 25.9. The van der Waals surface area contributed by atoms with E-state index in [1.807, 2.05) is 30.3 Å². The van der Waals surface area contributed by atoms with Crippen molar-refractivity contribution in [1.82, 2.24) is 4.90 Å². The van der Waals surface area contributed by atoms with Crippen LogP contribution in [-0.2, 0) is 20.9 Å². The van der Waals surface area contributed by atoms with Gasteiger partial charge in [-0.15, -0.1) is 0 Å². The number of esters is 1. The van der Waals surface area contributed by atoms with E-state index in [9.17, 15) is 9.59 Å². The minimum atomic E-state index is -0.312. The molecule has 1 aliphatic heterocycles. The van der Waals surface area contributed by atoms with Gasteiger partial charge >= 0.3 is 12.1 Å². The molecule has 1 aromatic rings. The van der Waals surface area contributed by atoms with Crippen LogP contribution in [0.4, 0.5) is 4.79 Å². The SMILES string of the molecule is CC(C)CCCOC(=O)C1CCN(C(=O)OCc2ccccc2)CC1. The van der Waals surface area contributed by atoms with Gasteiger partial charge < -0.3 is 14.4 Å². The van der Waals surface area contributed by atoms with Crippen LogP contribution < -0.4 is 0 Å². The molecule has 1 aromatic carbocycles. The van der Waals surface area contributed by atoms with Gasteiger partial charge in [0.05, 0.1) is 12.5 Å². The van der Waals surface area contributed by atoms with Gasteiger partial charge in [-0.05, 0) is 37.2 Å². The molecule has 25 heavy (non-hydrogen) atoms. The quantitative estimate of drug-likeness (QED) is 0.552. The first-order valence-electron chi connectivity index (χ1n) is 9.18. The molecule has 1 saturated heterocycles. The van der Waals surface area contributed by atoms with Gasteiger partial charge in [0.15, 0.2) is 0 Å². The summed E-state index contributed by atoms with van der Waals surface area (Å²) in [7, 11) is 0.